The van der Waals surface area contributed by atoms with Crippen LogP contribution in [0.25, 0.3) is 15.2 Å². The molecule has 1 aromatic carbocycles. The fraction of sp³-hybridized carbons (Fsp3) is 0.250. The van der Waals surface area contributed by atoms with Crippen LogP contribution in [0, 0.1) is 0 Å². The number of hydrogen-bond acceptors (Lipinski definition) is 5. The van der Waals surface area contributed by atoms with Gasteiger partial charge in [-0.3, -0.25) is 9.20 Å². The fourth-order valence-corrected chi connectivity index (χ4v) is 3.79. The summed E-state index contributed by atoms with van der Waals surface area (Å²) in [6, 6.07) is 7.95. The highest BCUT2D eigenvalue weighted by molar-refractivity contribution is 8.00. The van der Waals surface area contributed by atoms with Gasteiger partial charge in [-0.05, 0) is 18.6 Å². The molecule has 1 atom stereocenters. The van der Waals surface area contributed by atoms with Gasteiger partial charge in [0.1, 0.15) is 5.25 Å². The minimum absolute atomic E-state index is 0.494. The van der Waals surface area contributed by atoms with E-state index in [9.17, 15) is 4.79 Å². The third-order valence-electron chi connectivity index (χ3n) is 2.80. The predicted octanol–water partition coefficient (Wildman–Crippen LogP) is 2.90. The van der Waals surface area contributed by atoms with Crippen LogP contribution < -0.4 is 0 Å². The summed E-state index contributed by atoms with van der Waals surface area (Å²) >= 11 is 2.80. The van der Waals surface area contributed by atoms with Gasteiger partial charge in [0.05, 0.1) is 10.2 Å². The van der Waals surface area contributed by atoms with Crippen molar-refractivity contribution in [3.8, 4) is 0 Å². The maximum absolute atomic E-state index is 11.1. The lowest BCUT2D eigenvalue weighted by Gasteiger charge is -2.06. The van der Waals surface area contributed by atoms with Gasteiger partial charge in [0.25, 0.3) is 0 Å². The second-order valence-corrected chi connectivity index (χ2v) is 6.20. The molecule has 0 amide bonds. The Morgan fingerprint density at radius 2 is 2.26 bits per heavy atom. The molecule has 98 valence electrons. The highest BCUT2D eigenvalue weighted by atomic mass is 32.2. The number of thiazole rings is 1. The normalized spacial score (nSPS) is 13.1. The summed E-state index contributed by atoms with van der Waals surface area (Å²) in [5.74, 6) is -0.816. The van der Waals surface area contributed by atoms with E-state index in [2.05, 4.69) is 10.2 Å². The summed E-state index contributed by atoms with van der Waals surface area (Å²) in [7, 11) is 0. The van der Waals surface area contributed by atoms with E-state index in [1.54, 1.807) is 11.3 Å². The van der Waals surface area contributed by atoms with Crippen LogP contribution in [0.3, 0.4) is 0 Å². The molecule has 3 rings (SSSR count). The number of aliphatic carboxylic acids is 1. The number of aromatic nitrogens is 3. The quantitative estimate of drug-likeness (QED) is 0.749. The zero-order chi connectivity index (χ0) is 13.4. The molecule has 0 aliphatic heterocycles. The Morgan fingerprint density at radius 1 is 1.47 bits per heavy atom. The molecule has 7 heteroatoms. The van der Waals surface area contributed by atoms with E-state index in [0.29, 0.717) is 11.6 Å². The van der Waals surface area contributed by atoms with Gasteiger partial charge in [0, 0.05) is 0 Å². The van der Waals surface area contributed by atoms with Gasteiger partial charge in [0.15, 0.2) is 5.16 Å². The van der Waals surface area contributed by atoms with Gasteiger partial charge in [-0.1, -0.05) is 42.2 Å². The predicted molar refractivity (Wildman–Crippen MR) is 75.9 cm³/mol. The lowest BCUT2D eigenvalue weighted by atomic mass is 10.3. The van der Waals surface area contributed by atoms with Gasteiger partial charge in [-0.25, -0.2) is 0 Å². The highest BCUT2D eigenvalue weighted by Gasteiger charge is 2.21. The zero-order valence-corrected chi connectivity index (χ0v) is 11.7. The van der Waals surface area contributed by atoms with Crippen LogP contribution in [-0.4, -0.2) is 30.9 Å². The first kappa shape index (κ1) is 12.4. The number of fused-ring (bicyclic) bond motifs is 3. The van der Waals surface area contributed by atoms with E-state index in [0.717, 1.165) is 15.2 Å². The molecule has 0 bridgehead atoms. The van der Waals surface area contributed by atoms with Gasteiger partial charge in [-0.2, -0.15) is 0 Å². The van der Waals surface area contributed by atoms with Crippen molar-refractivity contribution in [2.24, 2.45) is 0 Å². The van der Waals surface area contributed by atoms with E-state index >= 15 is 0 Å². The molecule has 1 N–H and O–H groups in total. The van der Waals surface area contributed by atoms with Crippen molar-refractivity contribution in [1.29, 1.82) is 0 Å². The molecule has 0 fully saturated rings. The van der Waals surface area contributed by atoms with Gasteiger partial charge >= 0.3 is 5.97 Å². The van der Waals surface area contributed by atoms with Crippen molar-refractivity contribution in [3.63, 3.8) is 0 Å². The van der Waals surface area contributed by atoms with E-state index in [-0.39, 0.29) is 0 Å². The molecule has 0 aliphatic rings. The lowest BCUT2D eigenvalue weighted by Crippen LogP contribution is -2.15. The number of thioether (sulfide) groups is 1. The molecule has 0 radical (unpaired) electrons. The molecular formula is C12H11N3O2S2. The summed E-state index contributed by atoms with van der Waals surface area (Å²) in [5, 5.41) is 17.5. The maximum atomic E-state index is 11.1. The molecule has 2 heterocycles. The molecule has 0 spiro atoms. The number of rotatable bonds is 4. The SMILES string of the molecule is CC[C@@H](Sc1nnc2sc3ccccc3n12)C(=O)O. The van der Waals surface area contributed by atoms with Crippen molar-refractivity contribution in [2.45, 2.75) is 23.8 Å². The number of nitrogens with zero attached hydrogens (tertiary/aromatic N) is 3. The molecule has 2 aromatic heterocycles. The summed E-state index contributed by atoms with van der Waals surface area (Å²) in [6.45, 7) is 1.86. The minimum Gasteiger partial charge on any atom is -0.480 e. The number of para-hydroxylation sites is 1. The number of benzene rings is 1. The number of carboxylic acid groups (broad SMARTS) is 1. The van der Waals surface area contributed by atoms with E-state index in [4.69, 9.17) is 5.11 Å². The van der Waals surface area contributed by atoms with Crippen molar-refractivity contribution in [1.82, 2.24) is 14.6 Å². The molecule has 0 aliphatic carbocycles. The number of carboxylic acids is 1. The molecular weight excluding hydrogens is 282 g/mol. The number of carbonyl (C=O) groups is 1. The summed E-state index contributed by atoms with van der Waals surface area (Å²) in [6.07, 6.45) is 0.553. The van der Waals surface area contributed by atoms with Crippen molar-refractivity contribution < 1.29 is 9.90 Å². The standard InChI is InChI=1S/C12H11N3O2S2/c1-2-8(10(16)17)18-11-13-14-12-15(11)7-5-3-4-6-9(7)19-12/h3-6,8H,2H2,1H3,(H,16,17)/t8-/m1/s1. The van der Waals surface area contributed by atoms with E-state index < -0.39 is 11.2 Å². The summed E-state index contributed by atoms with van der Waals surface area (Å²) in [4.78, 5) is 11.9. The first-order chi connectivity index (χ1) is 9.20. The third kappa shape index (κ3) is 2.08. The Balaban J connectivity index is 2.11. The maximum Gasteiger partial charge on any atom is 0.317 e. The zero-order valence-electron chi connectivity index (χ0n) is 10.1. The minimum atomic E-state index is -0.816. The molecule has 19 heavy (non-hydrogen) atoms. The molecule has 3 aromatic rings. The Labute approximate surface area is 117 Å². The Bertz CT molecular complexity index is 750. The molecule has 0 saturated heterocycles. The largest absolute Gasteiger partial charge is 0.480 e. The van der Waals surface area contributed by atoms with Gasteiger partial charge < -0.3 is 5.11 Å². The van der Waals surface area contributed by atoms with Gasteiger partial charge in [-0.15, -0.1) is 10.2 Å². The highest BCUT2D eigenvalue weighted by Crippen LogP contribution is 2.31. The number of hydrogen-bond donors (Lipinski definition) is 1. The van der Waals surface area contributed by atoms with Crippen LogP contribution >= 0.6 is 23.1 Å². The van der Waals surface area contributed by atoms with Crippen LogP contribution in [0.1, 0.15) is 13.3 Å². The Morgan fingerprint density at radius 3 is 3.00 bits per heavy atom. The summed E-state index contributed by atoms with van der Waals surface area (Å²) < 4.78 is 3.05. The first-order valence-electron chi connectivity index (χ1n) is 5.83. The molecule has 0 unspecified atom stereocenters. The lowest BCUT2D eigenvalue weighted by molar-refractivity contribution is -0.136. The van der Waals surface area contributed by atoms with E-state index in [1.165, 1.54) is 11.8 Å². The summed E-state index contributed by atoms with van der Waals surface area (Å²) in [5.41, 5.74) is 1.02. The Hall–Kier alpha value is -1.60. The molecule has 0 saturated carbocycles. The van der Waals surface area contributed by atoms with E-state index in [1.807, 2.05) is 35.6 Å². The average molecular weight is 293 g/mol. The van der Waals surface area contributed by atoms with Crippen LogP contribution in [0.5, 0.6) is 0 Å². The van der Waals surface area contributed by atoms with Crippen LogP contribution in [0.4, 0.5) is 0 Å². The Kier molecular flexibility index (Phi) is 3.16. The second-order valence-electron chi connectivity index (χ2n) is 4.02. The molecule has 5 nitrogen and oxygen atoms in total. The van der Waals surface area contributed by atoms with Crippen LogP contribution in [-0.2, 0) is 4.79 Å². The second kappa shape index (κ2) is 4.82. The smallest absolute Gasteiger partial charge is 0.317 e. The van der Waals surface area contributed by atoms with Crippen molar-refractivity contribution in [2.75, 3.05) is 0 Å². The van der Waals surface area contributed by atoms with Crippen molar-refractivity contribution in [3.05, 3.63) is 24.3 Å². The fourth-order valence-electron chi connectivity index (χ4n) is 1.87. The topological polar surface area (TPSA) is 67.5 Å². The van der Waals surface area contributed by atoms with Crippen molar-refractivity contribution >= 4 is 44.2 Å². The van der Waals surface area contributed by atoms with Crippen LogP contribution in [0.15, 0.2) is 29.4 Å². The monoisotopic (exact) mass is 293 g/mol. The van der Waals surface area contributed by atoms with Gasteiger partial charge in [0.2, 0.25) is 4.96 Å². The average Bonchev–Trinajstić information content (AvgIpc) is 2.94. The van der Waals surface area contributed by atoms with Crippen LogP contribution in [0.2, 0.25) is 0 Å². The third-order valence-corrected chi connectivity index (χ3v) is 5.11. The first-order valence-corrected chi connectivity index (χ1v) is 7.52.